The van der Waals surface area contributed by atoms with E-state index in [1.54, 1.807) is 16.0 Å². The second-order valence-corrected chi connectivity index (χ2v) is 7.05. The average Bonchev–Trinajstić information content (AvgIpc) is 3.09. The van der Waals surface area contributed by atoms with Gasteiger partial charge in [0.1, 0.15) is 5.82 Å². The minimum absolute atomic E-state index is 0.00730. The van der Waals surface area contributed by atoms with E-state index < -0.39 is 12.1 Å². The van der Waals surface area contributed by atoms with E-state index in [0.29, 0.717) is 16.5 Å². The first-order valence-electron chi connectivity index (χ1n) is 6.84. The first-order valence-corrected chi connectivity index (χ1v) is 8.52. The van der Waals surface area contributed by atoms with Gasteiger partial charge in [0, 0.05) is 22.8 Å². The monoisotopic (exact) mass is 408 g/mol. The molecule has 23 heavy (non-hydrogen) atoms. The van der Waals surface area contributed by atoms with Gasteiger partial charge in [-0.25, -0.2) is 0 Å². The van der Waals surface area contributed by atoms with Crippen molar-refractivity contribution < 1.29 is 18.0 Å². The van der Waals surface area contributed by atoms with Gasteiger partial charge in [0.15, 0.2) is 5.82 Å². The summed E-state index contributed by atoms with van der Waals surface area (Å²) in [5.74, 6) is -0.821. The molecule has 5 nitrogen and oxygen atoms in total. The summed E-state index contributed by atoms with van der Waals surface area (Å²) in [6.45, 7) is 0.348. The second-order valence-electron chi connectivity index (χ2n) is 5.23. The summed E-state index contributed by atoms with van der Waals surface area (Å²) in [5, 5.41) is 12.3. The molecule has 3 heterocycles. The predicted octanol–water partition coefficient (Wildman–Crippen LogP) is 3.16. The van der Waals surface area contributed by atoms with Crippen molar-refractivity contribution in [2.24, 2.45) is 5.92 Å². The van der Waals surface area contributed by atoms with Gasteiger partial charge >= 0.3 is 6.18 Å². The van der Waals surface area contributed by atoms with Crippen LogP contribution in [0.4, 0.5) is 13.2 Å². The van der Waals surface area contributed by atoms with Crippen LogP contribution in [-0.2, 0) is 19.5 Å². The fourth-order valence-corrected chi connectivity index (χ4v) is 3.82. The Hall–Kier alpha value is -1.42. The number of rotatable bonds is 3. The van der Waals surface area contributed by atoms with Gasteiger partial charge < -0.3 is 9.88 Å². The van der Waals surface area contributed by atoms with Gasteiger partial charge in [-0.05, 0) is 28.4 Å². The van der Waals surface area contributed by atoms with Crippen LogP contribution < -0.4 is 5.32 Å². The molecule has 2 aromatic heterocycles. The van der Waals surface area contributed by atoms with Crippen LogP contribution in [0.25, 0.3) is 0 Å². The molecule has 1 N–H and O–H groups in total. The van der Waals surface area contributed by atoms with Crippen molar-refractivity contribution in [1.82, 2.24) is 20.1 Å². The van der Waals surface area contributed by atoms with Gasteiger partial charge in [-0.1, -0.05) is 0 Å². The van der Waals surface area contributed by atoms with Crippen molar-refractivity contribution >= 4 is 33.2 Å². The summed E-state index contributed by atoms with van der Waals surface area (Å²) in [5.41, 5.74) is 0. The summed E-state index contributed by atoms with van der Waals surface area (Å²) < 4.78 is 40.8. The fraction of sp³-hybridized carbons (Fsp3) is 0.462. The van der Waals surface area contributed by atoms with Crippen molar-refractivity contribution in [1.29, 1.82) is 0 Å². The van der Waals surface area contributed by atoms with Crippen LogP contribution in [0.3, 0.4) is 0 Å². The van der Waals surface area contributed by atoms with Crippen LogP contribution in [0, 0.1) is 5.92 Å². The van der Waals surface area contributed by atoms with E-state index in [2.05, 4.69) is 31.4 Å². The maximum atomic E-state index is 12.8. The van der Waals surface area contributed by atoms with Crippen LogP contribution in [0.2, 0.25) is 0 Å². The lowest BCUT2D eigenvalue weighted by Crippen LogP contribution is -2.32. The number of alkyl halides is 3. The Morgan fingerprint density at radius 2 is 2.26 bits per heavy atom. The third-order valence-corrected chi connectivity index (χ3v) is 5.39. The molecule has 1 aliphatic heterocycles. The number of carbonyl (C=O) groups is 1. The zero-order chi connectivity index (χ0) is 16.6. The molecule has 3 rings (SSSR count). The molecule has 2 aromatic rings. The van der Waals surface area contributed by atoms with Gasteiger partial charge in [0.05, 0.1) is 17.3 Å². The Morgan fingerprint density at radius 1 is 1.48 bits per heavy atom. The van der Waals surface area contributed by atoms with Crippen molar-refractivity contribution in [2.75, 3.05) is 0 Å². The first-order chi connectivity index (χ1) is 10.8. The van der Waals surface area contributed by atoms with Gasteiger partial charge in [-0.2, -0.15) is 13.2 Å². The van der Waals surface area contributed by atoms with Crippen molar-refractivity contribution in [3.8, 4) is 0 Å². The topological polar surface area (TPSA) is 59.8 Å². The molecule has 0 spiro atoms. The Bertz CT molecular complexity index is 727. The zero-order valence-electron chi connectivity index (χ0n) is 11.7. The van der Waals surface area contributed by atoms with Gasteiger partial charge in [-0.3, -0.25) is 4.79 Å². The maximum Gasteiger partial charge on any atom is 0.392 e. The minimum atomic E-state index is -4.21. The van der Waals surface area contributed by atoms with Crippen LogP contribution in [0.1, 0.15) is 27.7 Å². The molecule has 0 radical (unpaired) electrons. The molecule has 124 valence electrons. The van der Waals surface area contributed by atoms with E-state index in [0.717, 1.165) is 4.47 Å². The van der Waals surface area contributed by atoms with Crippen LogP contribution >= 0.6 is 27.3 Å². The number of nitrogens with zero attached hydrogens (tertiary/aromatic N) is 3. The summed E-state index contributed by atoms with van der Waals surface area (Å²) in [6, 6.07) is 1.70. The highest BCUT2D eigenvalue weighted by atomic mass is 79.9. The zero-order valence-corrected chi connectivity index (χ0v) is 14.1. The third-order valence-electron chi connectivity index (χ3n) is 3.70. The number of thiophene rings is 1. The lowest BCUT2D eigenvalue weighted by Gasteiger charge is -2.25. The Kier molecular flexibility index (Phi) is 4.45. The molecular formula is C13H12BrF3N4OS. The van der Waals surface area contributed by atoms with E-state index in [9.17, 15) is 18.0 Å². The van der Waals surface area contributed by atoms with Crippen LogP contribution in [0.5, 0.6) is 0 Å². The second kappa shape index (κ2) is 6.23. The number of hydrogen-bond acceptors (Lipinski definition) is 4. The van der Waals surface area contributed by atoms with E-state index in [-0.39, 0.29) is 31.8 Å². The number of halogens is 4. The fourth-order valence-electron chi connectivity index (χ4n) is 2.48. The summed E-state index contributed by atoms with van der Waals surface area (Å²) in [7, 11) is 0. The lowest BCUT2D eigenvalue weighted by atomic mass is 9.97. The summed E-state index contributed by atoms with van der Waals surface area (Å²) in [6.07, 6.45) is -4.37. The minimum Gasteiger partial charge on any atom is -0.344 e. The normalized spacial score (nSPS) is 17.8. The van der Waals surface area contributed by atoms with Gasteiger partial charge in [0.2, 0.25) is 0 Å². The highest BCUT2D eigenvalue weighted by molar-refractivity contribution is 9.10. The van der Waals surface area contributed by atoms with Gasteiger partial charge in [-0.15, -0.1) is 21.5 Å². The smallest absolute Gasteiger partial charge is 0.344 e. The molecule has 0 fully saturated rings. The largest absolute Gasteiger partial charge is 0.392 e. The van der Waals surface area contributed by atoms with Crippen LogP contribution in [0.15, 0.2) is 15.9 Å². The first kappa shape index (κ1) is 16.4. The Balaban J connectivity index is 1.65. The third kappa shape index (κ3) is 3.57. The molecule has 1 unspecified atom stereocenters. The number of amides is 1. The van der Waals surface area contributed by atoms with E-state index in [4.69, 9.17) is 0 Å². The molecule has 1 amide bonds. The number of fused-ring (bicyclic) bond motifs is 1. The van der Waals surface area contributed by atoms with Crippen LogP contribution in [-0.4, -0.2) is 26.8 Å². The predicted molar refractivity (Wildman–Crippen MR) is 81.1 cm³/mol. The molecule has 0 saturated carbocycles. The molecule has 1 atom stereocenters. The number of hydrogen-bond donors (Lipinski definition) is 1. The molecule has 10 heteroatoms. The molecule has 0 aliphatic carbocycles. The molecule has 0 bridgehead atoms. The summed E-state index contributed by atoms with van der Waals surface area (Å²) >= 11 is 4.57. The maximum absolute atomic E-state index is 12.8. The van der Waals surface area contributed by atoms with E-state index >= 15 is 0 Å². The Morgan fingerprint density at radius 3 is 2.91 bits per heavy atom. The number of aromatic nitrogens is 3. The van der Waals surface area contributed by atoms with E-state index in [1.165, 1.54) is 11.3 Å². The highest BCUT2D eigenvalue weighted by Gasteiger charge is 2.42. The van der Waals surface area contributed by atoms with Crippen molar-refractivity contribution in [2.45, 2.75) is 32.1 Å². The highest BCUT2D eigenvalue weighted by Crippen LogP contribution is 2.34. The molecule has 0 aromatic carbocycles. The molecule has 1 aliphatic rings. The average molecular weight is 409 g/mol. The number of nitrogens with one attached hydrogen (secondary N) is 1. The molecule has 0 saturated heterocycles. The van der Waals surface area contributed by atoms with Crippen molar-refractivity contribution in [3.05, 3.63) is 32.4 Å². The van der Waals surface area contributed by atoms with Gasteiger partial charge in [0.25, 0.3) is 5.91 Å². The summed E-state index contributed by atoms with van der Waals surface area (Å²) in [4.78, 5) is 12.5. The quantitative estimate of drug-likeness (QED) is 0.848. The lowest BCUT2D eigenvalue weighted by molar-refractivity contribution is -0.179. The number of carbonyl (C=O) groups excluding carboxylic acids is 1. The Labute approximate surface area is 142 Å². The molecular weight excluding hydrogens is 397 g/mol. The SMILES string of the molecule is O=C(NCc1nnc2n1CCC(C(F)(F)F)C2)c1cc(Br)cs1. The van der Waals surface area contributed by atoms with E-state index in [1.807, 2.05) is 0 Å². The standard InChI is InChI=1S/C13H12BrF3N4OS/c14-8-4-9(23-6-8)12(22)18-5-11-20-19-10-3-7(13(15,16)17)1-2-21(10)11/h4,6-7H,1-3,5H2,(H,18,22). The van der Waals surface area contributed by atoms with Crippen molar-refractivity contribution in [3.63, 3.8) is 0 Å².